The molecule has 0 spiro atoms. The maximum atomic E-state index is 13.3. The van der Waals surface area contributed by atoms with E-state index in [-0.39, 0.29) is 38.1 Å². The first-order valence-electron chi connectivity index (χ1n) is 13.4. The zero-order valence-electron chi connectivity index (χ0n) is 23.4. The highest BCUT2D eigenvalue weighted by molar-refractivity contribution is 5.89. The normalized spacial score (nSPS) is 17.5. The number of alkyl carbamates (subject to hydrolysis) is 1. The van der Waals surface area contributed by atoms with Gasteiger partial charge in [-0.1, -0.05) is 69.5 Å². The Bertz CT molecular complexity index is 1060. The van der Waals surface area contributed by atoms with E-state index in [1.54, 1.807) is 6.08 Å². The van der Waals surface area contributed by atoms with Crippen LogP contribution in [0.15, 0.2) is 43.5 Å². The fourth-order valence-electron chi connectivity index (χ4n) is 4.52. The Labute approximate surface area is 232 Å². The summed E-state index contributed by atoms with van der Waals surface area (Å²) in [5.41, 5.74) is 1.18. The Balaban J connectivity index is 1.94. The van der Waals surface area contributed by atoms with Gasteiger partial charge in [0.05, 0.1) is 25.3 Å². The summed E-state index contributed by atoms with van der Waals surface area (Å²) in [6, 6.07) is 6.25. The van der Waals surface area contributed by atoms with Crippen LogP contribution in [0, 0.1) is 17.3 Å². The molecule has 8 heteroatoms. The lowest BCUT2D eigenvalue weighted by atomic mass is 9.82. The summed E-state index contributed by atoms with van der Waals surface area (Å²) in [6.07, 6.45) is 5.35. The van der Waals surface area contributed by atoms with Crippen molar-refractivity contribution in [3.05, 3.63) is 54.6 Å². The van der Waals surface area contributed by atoms with Crippen LogP contribution in [0.3, 0.4) is 0 Å². The van der Waals surface area contributed by atoms with Crippen LogP contribution in [0.4, 0.5) is 9.59 Å². The second kappa shape index (κ2) is 15.7. The Hall–Kier alpha value is -3.57. The lowest BCUT2D eigenvalue weighted by Crippen LogP contribution is -2.51. The quantitative estimate of drug-likeness (QED) is 0.191. The van der Waals surface area contributed by atoms with E-state index in [9.17, 15) is 19.5 Å². The molecule has 0 radical (unpaired) electrons. The number of carbonyl (C=O) groups excluding carboxylic acids is 2. The molecule has 1 aromatic carbocycles. The smallest absolute Gasteiger partial charge is 0.407 e. The van der Waals surface area contributed by atoms with Gasteiger partial charge in [-0.15, -0.1) is 6.58 Å². The summed E-state index contributed by atoms with van der Waals surface area (Å²) in [5, 5.41) is 12.4. The second-order valence-electron chi connectivity index (χ2n) is 10.7. The van der Waals surface area contributed by atoms with Crippen molar-refractivity contribution in [3.8, 4) is 11.8 Å². The van der Waals surface area contributed by atoms with Crippen molar-refractivity contribution in [2.75, 3.05) is 19.8 Å². The number of Topliss-reactive ketones (excluding diaryl/α,β-unsaturated/α-hetero) is 1. The van der Waals surface area contributed by atoms with Gasteiger partial charge < -0.3 is 24.8 Å². The highest BCUT2D eigenvalue weighted by atomic mass is 16.5. The number of hydrogen-bond donors (Lipinski definition) is 2. The Morgan fingerprint density at radius 1 is 1.21 bits per heavy atom. The molecule has 0 bridgehead atoms. The maximum absolute atomic E-state index is 13.3. The molecule has 0 saturated carbocycles. The average Bonchev–Trinajstić information content (AvgIpc) is 3.29. The molecular weight excluding hydrogens is 496 g/mol. The van der Waals surface area contributed by atoms with Gasteiger partial charge in [0, 0.05) is 18.0 Å². The largest absolute Gasteiger partial charge is 0.465 e. The van der Waals surface area contributed by atoms with Gasteiger partial charge in [-0.3, -0.25) is 4.79 Å². The van der Waals surface area contributed by atoms with Gasteiger partial charge in [0.1, 0.15) is 6.61 Å². The van der Waals surface area contributed by atoms with E-state index in [2.05, 4.69) is 30.3 Å². The molecular formula is C31H42N2O6. The number of likely N-dealkylation sites (tertiary alicyclic amines) is 1. The third-order valence-electron chi connectivity index (χ3n) is 6.59. The van der Waals surface area contributed by atoms with Gasteiger partial charge in [0.15, 0.2) is 5.78 Å². The maximum Gasteiger partial charge on any atom is 0.407 e. The van der Waals surface area contributed by atoms with Crippen LogP contribution in [-0.2, 0) is 14.3 Å². The highest BCUT2D eigenvalue weighted by Gasteiger charge is 2.40. The number of carboxylic acid groups (broad SMARTS) is 1. The number of unbranched alkanes of at least 4 members (excludes halogenated alkanes) is 3. The second-order valence-corrected chi connectivity index (χ2v) is 10.7. The van der Waals surface area contributed by atoms with Crippen molar-refractivity contribution in [2.45, 2.75) is 77.5 Å². The van der Waals surface area contributed by atoms with E-state index in [4.69, 9.17) is 9.47 Å². The minimum absolute atomic E-state index is 0.0334. The van der Waals surface area contributed by atoms with E-state index in [0.29, 0.717) is 6.42 Å². The van der Waals surface area contributed by atoms with E-state index < -0.39 is 29.7 Å². The molecule has 1 aliphatic rings. The van der Waals surface area contributed by atoms with Gasteiger partial charge >= 0.3 is 12.2 Å². The molecule has 2 rings (SSSR count). The molecule has 0 aromatic heterocycles. The van der Waals surface area contributed by atoms with Crippen molar-refractivity contribution < 1.29 is 29.0 Å². The van der Waals surface area contributed by atoms with Crippen LogP contribution in [0.25, 0.3) is 6.08 Å². The zero-order chi connectivity index (χ0) is 28.8. The molecule has 3 atom stereocenters. The minimum atomic E-state index is -1.11. The Kier molecular flexibility index (Phi) is 12.8. The fourth-order valence-corrected chi connectivity index (χ4v) is 4.52. The summed E-state index contributed by atoms with van der Waals surface area (Å²) < 4.78 is 11.1. The van der Waals surface area contributed by atoms with Crippen LogP contribution in [0.1, 0.15) is 70.4 Å². The number of amides is 2. The molecule has 1 saturated heterocycles. The molecule has 8 nitrogen and oxygen atoms in total. The van der Waals surface area contributed by atoms with E-state index in [0.717, 1.165) is 36.8 Å². The first-order valence-corrected chi connectivity index (χ1v) is 13.4. The fraction of sp³-hybridized carbons (Fsp3) is 0.516. The van der Waals surface area contributed by atoms with Gasteiger partial charge in [0.25, 0.3) is 0 Å². The molecule has 1 unspecified atom stereocenters. The lowest BCUT2D eigenvalue weighted by Gasteiger charge is -2.31. The van der Waals surface area contributed by atoms with Crippen molar-refractivity contribution in [2.24, 2.45) is 5.41 Å². The summed E-state index contributed by atoms with van der Waals surface area (Å²) in [7, 11) is 0. The zero-order valence-corrected chi connectivity index (χ0v) is 23.4. The number of ether oxygens (including phenoxy) is 2. The Morgan fingerprint density at radius 3 is 2.62 bits per heavy atom. The molecule has 2 N–H and O–H groups in total. The number of benzene rings is 1. The number of carbonyl (C=O) groups is 3. The van der Waals surface area contributed by atoms with E-state index in [1.807, 2.05) is 51.1 Å². The third-order valence-corrected chi connectivity index (χ3v) is 6.59. The predicted octanol–water partition coefficient (Wildman–Crippen LogP) is 5.67. The van der Waals surface area contributed by atoms with Gasteiger partial charge in [-0.25, -0.2) is 9.59 Å². The number of hydrogen-bond acceptors (Lipinski definition) is 5. The Morgan fingerprint density at radius 2 is 1.95 bits per heavy atom. The molecule has 1 heterocycles. The number of nitrogens with one attached hydrogen (secondary N) is 1. The molecule has 1 aromatic rings. The first-order chi connectivity index (χ1) is 18.6. The predicted molar refractivity (Wildman–Crippen MR) is 152 cm³/mol. The number of nitrogens with zero attached hydrogens (tertiary/aromatic N) is 1. The summed E-state index contributed by atoms with van der Waals surface area (Å²) in [5.74, 6) is 5.78. The van der Waals surface area contributed by atoms with Gasteiger partial charge in [-0.05, 0) is 49.1 Å². The molecule has 1 aliphatic heterocycles. The number of allylic oxidation sites excluding steroid dienone is 1. The molecule has 2 amide bonds. The van der Waals surface area contributed by atoms with Gasteiger partial charge in [0.2, 0.25) is 0 Å². The summed E-state index contributed by atoms with van der Waals surface area (Å²) in [4.78, 5) is 38.9. The van der Waals surface area contributed by atoms with Gasteiger partial charge in [-0.2, -0.15) is 0 Å². The SMILES string of the molecule is C=CCCCCCOC(=O)N[C@H](C(=O)CC1C[C@@H](OCC#Cc2ccccc2C=C)CN1C(=O)O)C(C)(C)C. The van der Waals surface area contributed by atoms with Crippen LogP contribution in [0.2, 0.25) is 0 Å². The van der Waals surface area contributed by atoms with E-state index >= 15 is 0 Å². The lowest BCUT2D eigenvalue weighted by molar-refractivity contribution is -0.124. The number of ketones is 1. The van der Waals surface area contributed by atoms with Crippen molar-refractivity contribution in [1.82, 2.24) is 10.2 Å². The first kappa shape index (κ1) is 31.6. The van der Waals surface area contributed by atoms with Crippen LogP contribution in [0.5, 0.6) is 0 Å². The van der Waals surface area contributed by atoms with Crippen molar-refractivity contribution >= 4 is 24.0 Å². The molecule has 1 fully saturated rings. The summed E-state index contributed by atoms with van der Waals surface area (Å²) >= 11 is 0. The molecule has 39 heavy (non-hydrogen) atoms. The van der Waals surface area contributed by atoms with Crippen molar-refractivity contribution in [1.29, 1.82) is 0 Å². The topological polar surface area (TPSA) is 105 Å². The standard InChI is InChI=1S/C31H42N2O6/c1-6-8-9-10-13-18-39-29(35)32-28(31(3,4)5)27(34)21-25-20-26(22-33(25)30(36)37)38-19-14-17-24-16-12-11-15-23(24)7-2/h6-7,11-12,15-16,25-26,28H,1-2,8-10,13,18-22H2,3-5H3,(H,32,35)(H,36,37)/t25?,26-,28-/m1/s1. The molecule has 0 aliphatic carbocycles. The van der Waals surface area contributed by atoms with E-state index in [1.165, 1.54) is 4.90 Å². The summed E-state index contributed by atoms with van der Waals surface area (Å²) in [6.45, 7) is 13.6. The average molecular weight is 539 g/mol. The molecule has 212 valence electrons. The highest BCUT2D eigenvalue weighted by Crippen LogP contribution is 2.27. The monoisotopic (exact) mass is 538 g/mol. The third kappa shape index (κ3) is 10.6. The minimum Gasteiger partial charge on any atom is -0.465 e. The van der Waals surface area contributed by atoms with Crippen LogP contribution < -0.4 is 5.32 Å². The van der Waals surface area contributed by atoms with Crippen LogP contribution >= 0.6 is 0 Å². The number of rotatable bonds is 13. The van der Waals surface area contributed by atoms with Crippen LogP contribution in [-0.4, -0.2) is 65.9 Å². The van der Waals surface area contributed by atoms with Crippen molar-refractivity contribution in [3.63, 3.8) is 0 Å².